The van der Waals surface area contributed by atoms with Crippen molar-refractivity contribution in [1.29, 1.82) is 0 Å². The molecule has 0 aliphatic carbocycles. The van der Waals surface area contributed by atoms with E-state index in [1.165, 1.54) is 21.5 Å². The van der Waals surface area contributed by atoms with E-state index in [1.807, 2.05) is 6.08 Å². The summed E-state index contributed by atoms with van der Waals surface area (Å²) in [6.07, 6.45) is 11.8. The minimum atomic E-state index is -2.53. The smallest absolute Gasteiger partial charge is 0.261 e. The molecule has 0 spiro atoms. The van der Waals surface area contributed by atoms with Gasteiger partial charge in [-0.3, -0.25) is 4.79 Å². The Balaban J connectivity index is 2.31. The number of benzene rings is 2. The third-order valence-corrected chi connectivity index (χ3v) is 10.8. The molecule has 0 fully saturated rings. The predicted octanol–water partition coefficient (Wildman–Crippen LogP) is 6.38. The van der Waals surface area contributed by atoms with Crippen LogP contribution in [0.4, 0.5) is 0 Å². The molecular formula is C29H38O2Si. The van der Waals surface area contributed by atoms with Crippen molar-refractivity contribution in [3.05, 3.63) is 96.1 Å². The number of allylic oxidation sites excluding steroid dienone is 4. The highest BCUT2D eigenvalue weighted by Gasteiger charge is 2.50. The van der Waals surface area contributed by atoms with Gasteiger partial charge in [0.1, 0.15) is 6.29 Å². The van der Waals surface area contributed by atoms with Gasteiger partial charge in [-0.05, 0) is 60.2 Å². The van der Waals surface area contributed by atoms with Crippen LogP contribution < -0.4 is 10.4 Å². The van der Waals surface area contributed by atoms with Crippen molar-refractivity contribution >= 4 is 25.0 Å². The molecule has 3 heteroatoms. The van der Waals surface area contributed by atoms with Gasteiger partial charge in [0.25, 0.3) is 8.32 Å². The summed E-state index contributed by atoms with van der Waals surface area (Å²) < 4.78 is 7.05. The van der Waals surface area contributed by atoms with E-state index in [9.17, 15) is 4.79 Å². The third-order valence-electron chi connectivity index (χ3n) is 5.83. The topological polar surface area (TPSA) is 26.3 Å². The van der Waals surface area contributed by atoms with Gasteiger partial charge in [0, 0.05) is 0 Å². The number of hydrogen-bond donors (Lipinski definition) is 0. The van der Waals surface area contributed by atoms with Gasteiger partial charge in [-0.25, -0.2) is 0 Å². The van der Waals surface area contributed by atoms with Crippen LogP contribution in [-0.2, 0) is 9.22 Å². The second kappa shape index (κ2) is 12.5. The average molecular weight is 447 g/mol. The molecule has 0 saturated heterocycles. The van der Waals surface area contributed by atoms with Gasteiger partial charge in [-0.2, -0.15) is 0 Å². The Kier molecular flexibility index (Phi) is 10.1. The Labute approximate surface area is 195 Å². The Morgan fingerprint density at radius 3 is 2.00 bits per heavy atom. The van der Waals surface area contributed by atoms with Crippen LogP contribution in [0, 0.1) is 0 Å². The van der Waals surface area contributed by atoms with Crippen molar-refractivity contribution in [1.82, 2.24) is 0 Å². The molecule has 2 aromatic rings. The molecule has 0 amide bonds. The van der Waals surface area contributed by atoms with Crippen LogP contribution in [0.3, 0.4) is 0 Å². The first kappa shape index (κ1) is 25.8. The molecule has 0 atom stereocenters. The van der Waals surface area contributed by atoms with Crippen LogP contribution in [0.1, 0.15) is 53.9 Å². The van der Waals surface area contributed by atoms with E-state index < -0.39 is 8.32 Å². The lowest BCUT2D eigenvalue weighted by Crippen LogP contribution is -2.66. The molecule has 0 unspecified atom stereocenters. The second-order valence-electron chi connectivity index (χ2n) is 9.26. The largest absolute Gasteiger partial charge is 0.403 e. The van der Waals surface area contributed by atoms with Gasteiger partial charge in [-0.15, -0.1) is 0 Å². The summed E-state index contributed by atoms with van der Waals surface area (Å²) in [4.78, 5) is 10.4. The monoisotopic (exact) mass is 446 g/mol. The first-order chi connectivity index (χ1) is 15.3. The molecule has 0 radical (unpaired) electrons. The fourth-order valence-electron chi connectivity index (χ4n) is 4.20. The van der Waals surface area contributed by atoms with Crippen LogP contribution in [0.15, 0.2) is 96.1 Å². The highest BCUT2D eigenvalue weighted by atomic mass is 28.4. The summed E-state index contributed by atoms with van der Waals surface area (Å²) >= 11 is 0. The van der Waals surface area contributed by atoms with Crippen molar-refractivity contribution < 1.29 is 9.22 Å². The minimum absolute atomic E-state index is 0.0295. The summed E-state index contributed by atoms with van der Waals surface area (Å²) in [5.41, 5.74) is 2.54. The van der Waals surface area contributed by atoms with Crippen LogP contribution in [0.25, 0.3) is 0 Å². The van der Waals surface area contributed by atoms with Crippen LogP contribution in [-0.4, -0.2) is 21.2 Å². The van der Waals surface area contributed by atoms with Crippen LogP contribution >= 0.6 is 0 Å². The molecule has 0 aliphatic heterocycles. The van der Waals surface area contributed by atoms with Crippen LogP contribution in [0.2, 0.25) is 5.04 Å². The molecule has 32 heavy (non-hydrogen) atoms. The fraction of sp³-hybridized carbons (Fsp3) is 0.345. The molecule has 170 valence electrons. The van der Waals surface area contributed by atoms with Crippen molar-refractivity contribution in [3.63, 3.8) is 0 Å². The second-order valence-corrected chi connectivity index (χ2v) is 13.6. The number of aldehydes is 1. The molecule has 0 aliphatic rings. The van der Waals surface area contributed by atoms with Gasteiger partial charge in [0.05, 0.1) is 6.61 Å². The Bertz CT molecular complexity index is 879. The molecule has 0 heterocycles. The van der Waals surface area contributed by atoms with Crippen molar-refractivity contribution in [3.8, 4) is 0 Å². The van der Waals surface area contributed by atoms with E-state index in [0.29, 0.717) is 6.61 Å². The normalized spacial score (nSPS) is 13.5. The highest BCUT2D eigenvalue weighted by molar-refractivity contribution is 6.99. The molecule has 2 aromatic carbocycles. The zero-order valence-corrected chi connectivity index (χ0v) is 21.3. The van der Waals surface area contributed by atoms with Crippen molar-refractivity contribution in [2.45, 2.75) is 58.9 Å². The quantitative estimate of drug-likeness (QED) is 0.132. The summed E-state index contributed by atoms with van der Waals surface area (Å²) in [7, 11) is -2.53. The summed E-state index contributed by atoms with van der Waals surface area (Å²) in [5, 5.41) is 2.58. The van der Waals surface area contributed by atoms with E-state index in [-0.39, 0.29) is 5.04 Å². The van der Waals surface area contributed by atoms with E-state index in [2.05, 4.69) is 107 Å². The van der Waals surface area contributed by atoms with Gasteiger partial charge >= 0.3 is 0 Å². The SMILES string of the molecule is C/C=C(/C=C(\C)CCC/C=C/C=O)CO[Si](c1ccccc1)(c1ccccc1)C(C)(C)C. The van der Waals surface area contributed by atoms with Crippen LogP contribution in [0.5, 0.6) is 0 Å². The Hall–Kier alpha value is -2.49. The van der Waals surface area contributed by atoms with Gasteiger partial charge in [0.2, 0.25) is 0 Å². The molecule has 2 nitrogen and oxygen atoms in total. The fourth-order valence-corrected chi connectivity index (χ4v) is 8.74. The number of carbonyl (C=O) groups excluding carboxylic acids is 1. The van der Waals surface area contributed by atoms with E-state index in [1.54, 1.807) is 6.08 Å². The van der Waals surface area contributed by atoms with Gasteiger partial charge in [0.15, 0.2) is 0 Å². The lowest BCUT2D eigenvalue weighted by Gasteiger charge is -2.43. The molecule has 0 bridgehead atoms. The average Bonchev–Trinajstić information content (AvgIpc) is 2.79. The molecular weight excluding hydrogens is 408 g/mol. The van der Waals surface area contributed by atoms with E-state index in [4.69, 9.17) is 4.43 Å². The maximum atomic E-state index is 10.4. The lowest BCUT2D eigenvalue weighted by atomic mass is 10.1. The zero-order chi connectivity index (χ0) is 23.5. The molecule has 2 rings (SSSR count). The zero-order valence-electron chi connectivity index (χ0n) is 20.3. The third kappa shape index (κ3) is 6.75. The van der Waals surface area contributed by atoms with Crippen molar-refractivity contribution in [2.75, 3.05) is 6.61 Å². The summed E-state index contributed by atoms with van der Waals surface area (Å²) in [6.45, 7) is 11.8. The number of unbranched alkanes of at least 4 members (excludes halogenated alkanes) is 1. The van der Waals surface area contributed by atoms with Crippen molar-refractivity contribution in [2.24, 2.45) is 0 Å². The Morgan fingerprint density at radius 2 is 1.53 bits per heavy atom. The maximum Gasteiger partial charge on any atom is 0.261 e. The molecule has 0 aromatic heterocycles. The van der Waals surface area contributed by atoms with E-state index in [0.717, 1.165) is 25.5 Å². The minimum Gasteiger partial charge on any atom is -0.403 e. The predicted molar refractivity (Wildman–Crippen MR) is 140 cm³/mol. The standard InChI is InChI=1S/C29H38O2Si/c1-6-26(23-25(2)17-11-7-8-16-22-30)24-31-32(29(3,4)5,27-18-12-9-13-19-27)28-20-14-10-15-21-28/h6,8-10,12-16,18-23H,7,11,17,24H2,1-5H3/b16-8+,25-23+,26-6-. The highest BCUT2D eigenvalue weighted by Crippen LogP contribution is 2.37. The summed E-state index contributed by atoms with van der Waals surface area (Å²) in [5.74, 6) is 0. The summed E-state index contributed by atoms with van der Waals surface area (Å²) in [6, 6.07) is 21.5. The maximum absolute atomic E-state index is 10.4. The van der Waals surface area contributed by atoms with Gasteiger partial charge < -0.3 is 4.43 Å². The van der Waals surface area contributed by atoms with Gasteiger partial charge in [-0.1, -0.05) is 105 Å². The van der Waals surface area contributed by atoms with E-state index >= 15 is 0 Å². The molecule has 0 saturated carbocycles. The lowest BCUT2D eigenvalue weighted by molar-refractivity contribution is -0.104. The Morgan fingerprint density at radius 1 is 0.969 bits per heavy atom. The number of rotatable bonds is 11. The molecule has 0 N–H and O–H groups in total. The first-order valence-electron chi connectivity index (χ1n) is 11.5. The number of hydrogen-bond acceptors (Lipinski definition) is 2. The number of carbonyl (C=O) groups is 1. The first-order valence-corrected chi connectivity index (χ1v) is 13.4.